The highest BCUT2D eigenvalue weighted by atomic mass is 16.4. The van der Waals surface area contributed by atoms with Gasteiger partial charge in [0.1, 0.15) is 6.07 Å². The highest BCUT2D eigenvalue weighted by Crippen LogP contribution is 2.18. The number of hydrogen-bond donors (Lipinski definition) is 1. The Labute approximate surface area is 86.9 Å². The first-order valence-electron chi connectivity index (χ1n) is 4.47. The Balaban J connectivity index is 2.78. The van der Waals surface area contributed by atoms with Gasteiger partial charge in [0.15, 0.2) is 5.71 Å². The quantitative estimate of drug-likeness (QED) is 0.433. The summed E-state index contributed by atoms with van der Waals surface area (Å²) >= 11 is 0. The molecule has 0 aliphatic rings. The molecule has 2 aromatic carbocycles. The van der Waals surface area contributed by atoms with E-state index in [2.05, 4.69) is 5.16 Å². The van der Waals surface area contributed by atoms with Crippen molar-refractivity contribution in [2.75, 3.05) is 0 Å². The lowest BCUT2D eigenvalue weighted by Crippen LogP contribution is -1.97. The summed E-state index contributed by atoms with van der Waals surface area (Å²) < 4.78 is 0. The molecule has 3 heteroatoms. The molecule has 0 amide bonds. The van der Waals surface area contributed by atoms with E-state index in [1.807, 2.05) is 42.5 Å². The largest absolute Gasteiger partial charge is 0.410 e. The van der Waals surface area contributed by atoms with E-state index in [1.165, 1.54) is 0 Å². The van der Waals surface area contributed by atoms with E-state index in [0.717, 1.165) is 10.8 Å². The van der Waals surface area contributed by atoms with Crippen molar-refractivity contribution in [1.29, 1.82) is 5.26 Å². The molecule has 0 unspecified atom stereocenters. The van der Waals surface area contributed by atoms with E-state index >= 15 is 0 Å². The summed E-state index contributed by atoms with van der Waals surface area (Å²) in [6.07, 6.45) is 0. The lowest BCUT2D eigenvalue weighted by molar-refractivity contribution is 0.320. The fourth-order valence-electron chi connectivity index (χ4n) is 1.57. The highest BCUT2D eigenvalue weighted by molar-refractivity contribution is 6.18. The second-order valence-corrected chi connectivity index (χ2v) is 3.09. The summed E-state index contributed by atoms with van der Waals surface area (Å²) in [4.78, 5) is 0. The van der Waals surface area contributed by atoms with Crippen molar-refractivity contribution in [3.05, 3.63) is 48.0 Å². The number of rotatable bonds is 1. The van der Waals surface area contributed by atoms with E-state index in [4.69, 9.17) is 10.5 Å². The van der Waals surface area contributed by atoms with Crippen LogP contribution in [0.25, 0.3) is 10.8 Å². The first kappa shape index (κ1) is 9.22. The summed E-state index contributed by atoms with van der Waals surface area (Å²) in [6.45, 7) is 0. The number of benzene rings is 2. The third kappa shape index (κ3) is 1.53. The zero-order chi connectivity index (χ0) is 10.7. The molecule has 0 bridgehead atoms. The molecule has 2 aromatic rings. The standard InChI is InChI=1S/C12H8N2O/c13-8-12(14-15)11-7-3-5-9-4-1-2-6-10(9)11/h1-7,15H. The summed E-state index contributed by atoms with van der Waals surface area (Å²) in [5.41, 5.74) is 0.685. The van der Waals surface area contributed by atoms with Crippen molar-refractivity contribution >= 4 is 16.5 Å². The Morgan fingerprint density at radius 3 is 2.60 bits per heavy atom. The monoisotopic (exact) mass is 196 g/mol. The Hall–Kier alpha value is -2.34. The van der Waals surface area contributed by atoms with E-state index in [0.29, 0.717) is 5.56 Å². The van der Waals surface area contributed by atoms with Gasteiger partial charge in [-0.3, -0.25) is 0 Å². The molecule has 0 aromatic heterocycles. The maximum absolute atomic E-state index is 8.80. The number of nitrogens with zero attached hydrogens (tertiary/aromatic N) is 2. The topological polar surface area (TPSA) is 56.4 Å². The van der Waals surface area contributed by atoms with E-state index in [-0.39, 0.29) is 5.71 Å². The van der Waals surface area contributed by atoms with Crippen LogP contribution in [0.5, 0.6) is 0 Å². The summed E-state index contributed by atoms with van der Waals surface area (Å²) in [5.74, 6) is 0. The SMILES string of the molecule is N#CC(=NO)c1cccc2ccccc12. The van der Waals surface area contributed by atoms with Crippen LogP contribution in [-0.2, 0) is 0 Å². The van der Waals surface area contributed by atoms with Gasteiger partial charge in [-0.15, -0.1) is 0 Å². The zero-order valence-corrected chi connectivity index (χ0v) is 7.88. The summed E-state index contributed by atoms with van der Waals surface area (Å²) in [7, 11) is 0. The maximum atomic E-state index is 8.80. The van der Waals surface area contributed by atoms with Gasteiger partial charge in [-0.2, -0.15) is 5.26 Å². The molecule has 0 spiro atoms. The lowest BCUT2D eigenvalue weighted by atomic mass is 10.0. The second-order valence-electron chi connectivity index (χ2n) is 3.09. The van der Waals surface area contributed by atoms with Gasteiger partial charge in [0.25, 0.3) is 0 Å². The van der Waals surface area contributed by atoms with Gasteiger partial charge in [0.05, 0.1) is 0 Å². The van der Waals surface area contributed by atoms with Gasteiger partial charge in [-0.05, 0) is 10.8 Å². The third-order valence-corrected chi connectivity index (χ3v) is 2.25. The van der Waals surface area contributed by atoms with Gasteiger partial charge >= 0.3 is 0 Å². The van der Waals surface area contributed by atoms with Crippen molar-refractivity contribution in [3.8, 4) is 6.07 Å². The number of fused-ring (bicyclic) bond motifs is 1. The Bertz CT molecular complexity index is 562. The number of hydrogen-bond acceptors (Lipinski definition) is 3. The van der Waals surface area contributed by atoms with Crippen molar-refractivity contribution < 1.29 is 5.21 Å². The first-order chi connectivity index (χ1) is 7.36. The molecular formula is C12H8N2O. The van der Waals surface area contributed by atoms with Crippen LogP contribution in [0.15, 0.2) is 47.6 Å². The molecule has 72 valence electrons. The van der Waals surface area contributed by atoms with Gasteiger partial charge in [0, 0.05) is 5.56 Å². The predicted octanol–water partition coefficient (Wildman–Crippen LogP) is 2.54. The van der Waals surface area contributed by atoms with Crippen LogP contribution in [0.1, 0.15) is 5.56 Å². The normalized spacial score (nSPS) is 11.3. The molecule has 1 N–H and O–H groups in total. The van der Waals surface area contributed by atoms with Crippen LogP contribution in [0.4, 0.5) is 0 Å². The Kier molecular flexibility index (Phi) is 2.34. The van der Waals surface area contributed by atoms with Crippen molar-refractivity contribution in [1.82, 2.24) is 0 Å². The molecule has 0 atom stereocenters. The molecule has 3 nitrogen and oxygen atoms in total. The highest BCUT2D eigenvalue weighted by Gasteiger charge is 2.06. The van der Waals surface area contributed by atoms with Crippen LogP contribution < -0.4 is 0 Å². The number of nitriles is 1. The first-order valence-corrected chi connectivity index (χ1v) is 4.47. The fraction of sp³-hybridized carbons (Fsp3) is 0. The van der Waals surface area contributed by atoms with Gasteiger partial charge in [-0.1, -0.05) is 47.6 Å². The second kappa shape index (κ2) is 3.81. The van der Waals surface area contributed by atoms with Crippen molar-refractivity contribution in [2.45, 2.75) is 0 Å². The van der Waals surface area contributed by atoms with Crippen LogP contribution in [-0.4, -0.2) is 10.9 Å². The maximum Gasteiger partial charge on any atom is 0.187 e. The molecule has 0 aliphatic carbocycles. The minimum atomic E-state index is 0.0341. The predicted molar refractivity (Wildman–Crippen MR) is 57.9 cm³/mol. The molecule has 0 aliphatic heterocycles. The summed E-state index contributed by atoms with van der Waals surface area (Å²) in [6, 6.07) is 15.1. The van der Waals surface area contributed by atoms with E-state index in [1.54, 1.807) is 6.07 Å². The molecule has 15 heavy (non-hydrogen) atoms. The number of oxime groups is 1. The van der Waals surface area contributed by atoms with Gasteiger partial charge in [-0.25, -0.2) is 0 Å². The Morgan fingerprint density at radius 2 is 1.87 bits per heavy atom. The Morgan fingerprint density at radius 1 is 1.13 bits per heavy atom. The van der Waals surface area contributed by atoms with Crippen molar-refractivity contribution in [3.63, 3.8) is 0 Å². The molecule has 0 heterocycles. The third-order valence-electron chi connectivity index (χ3n) is 2.25. The average Bonchev–Trinajstić information content (AvgIpc) is 2.31. The van der Waals surface area contributed by atoms with Crippen LogP contribution >= 0.6 is 0 Å². The smallest absolute Gasteiger partial charge is 0.187 e. The molecule has 0 saturated heterocycles. The van der Waals surface area contributed by atoms with Crippen LogP contribution in [0.3, 0.4) is 0 Å². The zero-order valence-electron chi connectivity index (χ0n) is 7.88. The molecule has 0 fully saturated rings. The summed E-state index contributed by atoms with van der Waals surface area (Å²) in [5, 5.41) is 22.4. The van der Waals surface area contributed by atoms with Gasteiger partial charge < -0.3 is 5.21 Å². The van der Waals surface area contributed by atoms with Gasteiger partial charge in [0.2, 0.25) is 0 Å². The van der Waals surface area contributed by atoms with Crippen LogP contribution in [0, 0.1) is 11.3 Å². The fourth-order valence-corrected chi connectivity index (χ4v) is 1.57. The molecule has 0 saturated carbocycles. The molecule has 2 rings (SSSR count). The minimum absolute atomic E-state index is 0.0341. The minimum Gasteiger partial charge on any atom is -0.410 e. The average molecular weight is 196 g/mol. The van der Waals surface area contributed by atoms with Crippen LogP contribution in [0.2, 0.25) is 0 Å². The lowest BCUT2D eigenvalue weighted by Gasteiger charge is -2.02. The van der Waals surface area contributed by atoms with E-state index in [9.17, 15) is 0 Å². The molecular weight excluding hydrogens is 188 g/mol. The molecule has 0 radical (unpaired) electrons. The van der Waals surface area contributed by atoms with Crippen molar-refractivity contribution in [2.24, 2.45) is 5.16 Å². The van der Waals surface area contributed by atoms with E-state index < -0.39 is 0 Å².